The first-order chi connectivity index (χ1) is 6.69. The quantitative estimate of drug-likeness (QED) is 0.780. The van der Waals surface area contributed by atoms with Gasteiger partial charge in [-0.25, -0.2) is 0 Å². The van der Waals surface area contributed by atoms with Gasteiger partial charge in [0, 0.05) is 12.6 Å². The number of methoxy groups -OCH3 is 1. The van der Waals surface area contributed by atoms with Crippen LogP contribution in [0.15, 0.2) is 11.4 Å². The molecule has 0 aliphatic heterocycles. The maximum atomic E-state index is 11.6. The molecule has 0 bridgehead atoms. The fourth-order valence-electron chi connectivity index (χ4n) is 0.972. The second-order valence-corrected chi connectivity index (χ2v) is 3.84. The Labute approximate surface area is 87.1 Å². The molecule has 14 heavy (non-hydrogen) atoms. The fraction of sp³-hybridized carbons (Fsp3) is 0.444. The van der Waals surface area contributed by atoms with Gasteiger partial charge in [-0.2, -0.15) is 0 Å². The van der Waals surface area contributed by atoms with E-state index in [1.54, 1.807) is 13.2 Å². The Kier molecular flexibility index (Phi) is 3.91. The molecule has 1 rings (SSSR count). The van der Waals surface area contributed by atoms with E-state index in [0.29, 0.717) is 17.2 Å². The zero-order chi connectivity index (χ0) is 10.6. The molecule has 1 heterocycles. The van der Waals surface area contributed by atoms with E-state index in [-0.39, 0.29) is 11.9 Å². The smallest absolute Gasteiger partial charge is 0.265 e. The van der Waals surface area contributed by atoms with Crippen LogP contribution < -0.4 is 15.8 Å². The Bertz CT molecular complexity index is 312. The fourth-order valence-corrected chi connectivity index (χ4v) is 1.73. The number of hydrogen-bond donors (Lipinski definition) is 2. The highest BCUT2D eigenvalue weighted by molar-refractivity contribution is 7.12. The molecule has 1 aromatic heterocycles. The number of ether oxygens (including phenoxy) is 1. The molecule has 5 heteroatoms. The van der Waals surface area contributed by atoms with E-state index < -0.39 is 0 Å². The Morgan fingerprint density at radius 2 is 2.50 bits per heavy atom. The van der Waals surface area contributed by atoms with Gasteiger partial charge in [0.05, 0.1) is 7.11 Å². The normalized spacial score (nSPS) is 12.2. The van der Waals surface area contributed by atoms with Gasteiger partial charge in [-0.3, -0.25) is 4.79 Å². The summed E-state index contributed by atoms with van der Waals surface area (Å²) in [6.45, 7) is 2.29. The summed E-state index contributed by atoms with van der Waals surface area (Å²) in [6.07, 6.45) is 0. The number of carbonyl (C=O) groups is 1. The second kappa shape index (κ2) is 4.97. The first kappa shape index (κ1) is 11.0. The van der Waals surface area contributed by atoms with Crippen molar-refractivity contribution < 1.29 is 9.53 Å². The lowest BCUT2D eigenvalue weighted by Gasteiger charge is -2.10. The number of thiophene rings is 1. The van der Waals surface area contributed by atoms with Gasteiger partial charge in [0.15, 0.2) is 0 Å². The zero-order valence-electron chi connectivity index (χ0n) is 8.24. The molecule has 1 amide bonds. The molecular weight excluding hydrogens is 200 g/mol. The van der Waals surface area contributed by atoms with Crippen molar-refractivity contribution in [1.82, 2.24) is 5.32 Å². The molecule has 0 saturated heterocycles. The van der Waals surface area contributed by atoms with Gasteiger partial charge < -0.3 is 15.8 Å². The van der Waals surface area contributed by atoms with Crippen LogP contribution in [0.25, 0.3) is 0 Å². The average molecular weight is 214 g/mol. The highest BCUT2D eigenvalue weighted by atomic mass is 32.1. The summed E-state index contributed by atoms with van der Waals surface area (Å²) >= 11 is 1.36. The molecule has 0 spiro atoms. The maximum absolute atomic E-state index is 11.6. The Morgan fingerprint density at radius 1 is 1.79 bits per heavy atom. The SMILES string of the molecule is COc1ccsc1C(=O)NC(C)CN. The molecule has 0 radical (unpaired) electrons. The standard InChI is InChI=1S/C9H14N2O2S/c1-6(5-10)11-9(12)8-7(13-2)3-4-14-8/h3-4,6H,5,10H2,1-2H3,(H,11,12). The highest BCUT2D eigenvalue weighted by Crippen LogP contribution is 2.23. The van der Waals surface area contributed by atoms with Gasteiger partial charge in [-0.1, -0.05) is 0 Å². The van der Waals surface area contributed by atoms with E-state index in [0.717, 1.165) is 0 Å². The molecule has 78 valence electrons. The van der Waals surface area contributed by atoms with E-state index in [4.69, 9.17) is 10.5 Å². The summed E-state index contributed by atoms with van der Waals surface area (Å²) in [5, 5.41) is 4.59. The van der Waals surface area contributed by atoms with Crippen LogP contribution in [0, 0.1) is 0 Å². The van der Waals surface area contributed by atoms with E-state index >= 15 is 0 Å². The summed E-state index contributed by atoms with van der Waals surface area (Å²) in [5.74, 6) is 0.478. The summed E-state index contributed by atoms with van der Waals surface area (Å²) in [6, 6.07) is 1.75. The molecule has 1 atom stereocenters. The minimum atomic E-state index is -0.130. The van der Waals surface area contributed by atoms with Crippen LogP contribution >= 0.6 is 11.3 Å². The van der Waals surface area contributed by atoms with Crippen molar-refractivity contribution in [2.45, 2.75) is 13.0 Å². The van der Waals surface area contributed by atoms with Crippen LogP contribution in [0.5, 0.6) is 5.75 Å². The molecule has 0 saturated carbocycles. The van der Waals surface area contributed by atoms with Crippen molar-refractivity contribution in [2.75, 3.05) is 13.7 Å². The van der Waals surface area contributed by atoms with Crippen LogP contribution in [0.1, 0.15) is 16.6 Å². The third-order valence-corrected chi connectivity index (χ3v) is 2.68. The van der Waals surface area contributed by atoms with Gasteiger partial charge in [0.25, 0.3) is 5.91 Å². The second-order valence-electron chi connectivity index (χ2n) is 2.93. The van der Waals surface area contributed by atoms with Gasteiger partial charge in [0.2, 0.25) is 0 Å². The summed E-state index contributed by atoms with van der Waals surface area (Å²) in [7, 11) is 1.55. The molecular formula is C9H14N2O2S. The van der Waals surface area contributed by atoms with Crippen LogP contribution in [0.4, 0.5) is 0 Å². The minimum absolute atomic E-state index is 0.0192. The number of nitrogens with two attached hydrogens (primary N) is 1. The van der Waals surface area contributed by atoms with Gasteiger partial charge in [-0.05, 0) is 18.4 Å². The van der Waals surface area contributed by atoms with Gasteiger partial charge >= 0.3 is 0 Å². The molecule has 0 fully saturated rings. The topological polar surface area (TPSA) is 64.3 Å². The van der Waals surface area contributed by atoms with Crippen LogP contribution in [-0.2, 0) is 0 Å². The van der Waals surface area contributed by atoms with Gasteiger partial charge in [-0.15, -0.1) is 11.3 Å². The Balaban J connectivity index is 2.69. The summed E-state index contributed by atoms with van der Waals surface area (Å²) in [5.41, 5.74) is 5.40. The average Bonchev–Trinajstić information content (AvgIpc) is 2.65. The zero-order valence-corrected chi connectivity index (χ0v) is 9.06. The third-order valence-electron chi connectivity index (χ3n) is 1.79. The number of rotatable bonds is 4. The van der Waals surface area contributed by atoms with Crippen molar-refractivity contribution in [2.24, 2.45) is 5.73 Å². The molecule has 0 aliphatic rings. The third kappa shape index (κ3) is 2.46. The lowest BCUT2D eigenvalue weighted by Crippen LogP contribution is -2.37. The minimum Gasteiger partial charge on any atom is -0.495 e. The number of carbonyl (C=O) groups excluding carboxylic acids is 1. The lowest BCUT2D eigenvalue weighted by molar-refractivity contribution is 0.0942. The first-order valence-electron chi connectivity index (χ1n) is 4.31. The van der Waals surface area contributed by atoms with Crippen LogP contribution in [0.2, 0.25) is 0 Å². The Hall–Kier alpha value is -1.07. The number of hydrogen-bond acceptors (Lipinski definition) is 4. The van der Waals surface area contributed by atoms with E-state index in [1.807, 2.05) is 12.3 Å². The Morgan fingerprint density at radius 3 is 3.07 bits per heavy atom. The highest BCUT2D eigenvalue weighted by Gasteiger charge is 2.14. The molecule has 0 aromatic carbocycles. The van der Waals surface area contributed by atoms with E-state index in [9.17, 15) is 4.79 Å². The van der Waals surface area contributed by atoms with Gasteiger partial charge in [0.1, 0.15) is 10.6 Å². The van der Waals surface area contributed by atoms with Crippen molar-refractivity contribution in [3.8, 4) is 5.75 Å². The van der Waals surface area contributed by atoms with E-state index in [2.05, 4.69) is 5.32 Å². The van der Waals surface area contributed by atoms with Crippen LogP contribution in [-0.4, -0.2) is 25.6 Å². The van der Waals surface area contributed by atoms with E-state index in [1.165, 1.54) is 11.3 Å². The maximum Gasteiger partial charge on any atom is 0.265 e. The molecule has 1 aromatic rings. The van der Waals surface area contributed by atoms with Crippen molar-refractivity contribution >= 4 is 17.2 Å². The van der Waals surface area contributed by atoms with Crippen molar-refractivity contribution in [1.29, 1.82) is 0 Å². The van der Waals surface area contributed by atoms with Crippen LogP contribution in [0.3, 0.4) is 0 Å². The largest absolute Gasteiger partial charge is 0.495 e. The van der Waals surface area contributed by atoms with Crippen molar-refractivity contribution in [3.05, 3.63) is 16.3 Å². The molecule has 0 aliphatic carbocycles. The number of nitrogens with one attached hydrogen (secondary N) is 1. The monoisotopic (exact) mass is 214 g/mol. The first-order valence-corrected chi connectivity index (χ1v) is 5.19. The predicted octanol–water partition coefficient (Wildman–Crippen LogP) is 0.834. The number of amides is 1. The molecule has 1 unspecified atom stereocenters. The summed E-state index contributed by atoms with van der Waals surface area (Å²) in [4.78, 5) is 12.2. The molecule has 3 N–H and O–H groups in total. The molecule has 4 nitrogen and oxygen atoms in total. The predicted molar refractivity (Wildman–Crippen MR) is 56.9 cm³/mol. The summed E-state index contributed by atoms with van der Waals surface area (Å²) < 4.78 is 5.04. The lowest BCUT2D eigenvalue weighted by atomic mass is 10.3. The van der Waals surface area contributed by atoms with Crippen molar-refractivity contribution in [3.63, 3.8) is 0 Å².